The minimum Gasteiger partial charge on any atom is -0.469 e. The highest BCUT2D eigenvalue weighted by atomic mass is 16.5. The number of methoxy groups -OCH3 is 1. The molecule has 0 radical (unpaired) electrons. The number of aromatic nitrogens is 2. The molecule has 0 aliphatic rings. The predicted molar refractivity (Wildman–Crippen MR) is 80.9 cm³/mol. The van der Waals surface area contributed by atoms with E-state index in [0.29, 0.717) is 17.3 Å². The Bertz CT molecular complexity index is 710. The maximum absolute atomic E-state index is 11.4. The molecule has 0 aliphatic heterocycles. The van der Waals surface area contributed by atoms with E-state index in [1.807, 2.05) is 42.5 Å². The van der Waals surface area contributed by atoms with Crippen LogP contribution in [-0.4, -0.2) is 23.0 Å². The third kappa shape index (κ3) is 2.88. The van der Waals surface area contributed by atoms with Crippen LogP contribution in [0.5, 0.6) is 0 Å². The molecule has 2 heterocycles. The molecule has 0 bridgehead atoms. The smallest absolute Gasteiger partial charge is 0.314 e. The number of nitrogens with zero attached hydrogens (tertiary/aromatic N) is 2. The summed E-state index contributed by atoms with van der Waals surface area (Å²) in [5.41, 5.74) is 2.48. The molecule has 5 nitrogen and oxygen atoms in total. The monoisotopic (exact) mass is 294 g/mol. The van der Waals surface area contributed by atoms with Crippen molar-refractivity contribution in [3.8, 4) is 22.6 Å². The summed E-state index contributed by atoms with van der Waals surface area (Å²) in [6.45, 7) is 0. The molecule has 0 fully saturated rings. The normalized spacial score (nSPS) is 10.4. The number of esters is 1. The molecule has 22 heavy (non-hydrogen) atoms. The van der Waals surface area contributed by atoms with E-state index in [0.717, 1.165) is 11.1 Å². The first-order valence-corrected chi connectivity index (χ1v) is 6.80. The summed E-state index contributed by atoms with van der Waals surface area (Å²) >= 11 is 0. The van der Waals surface area contributed by atoms with E-state index in [1.54, 1.807) is 12.4 Å². The topological polar surface area (TPSA) is 65.2 Å². The van der Waals surface area contributed by atoms with Crippen LogP contribution < -0.4 is 0 Å². The second-order valence-electron chi connectivity index (χ2n) is 4.64. The minimum absolute atomic E-state index is 0.00141. The fourth-order valence-corrected chi connectivity index (χ4v) is 2.13. The number of rotatable bonds is 4. The second-order valence-corrected chi connectivity index (χ2v) is 4.64. The number of benzene rings is 1. The number of ether oxygens (including phenoxy) is 1. The molecule has 110 valence electrons. The summed E-state index contributed by atoms with van der Waals surface area (Å²) in [5.74, 6) is 0.562. The molecular weight excluding hydrogens is 280 g/mol. The van der Waals surface area contributed by atoms with Crippen LogP contribution in [0.4, 0.5) is 0 Å². The fraction of sp³-hybridized carbons (Fsp3) is 0.118. The Morgan fingerprint density at radius 3 is 2.50 bits per heavy atom. The molecule has 0 aliphatic carbocycles. The van der Waals surface area contributed by atoms with Crippen LogP contribution in [-0.2, 0) is 16.0 Å². The number of pyridine rings is 1. The van der Waals surface area contributed by atoms with Gasteiger partial charge in [0, 0.05) is 23.5 Å². The average Bonchev–Trinajstić information content (AvgIpc) is 3.00. The predicted octanol–water partition coefficient (Wildman–Crippen LogP) is 3.12. The van der Waals surface area contributed by atoms with E-state index < -0.39 is 0 Å². The van der Waals surface area contributed by atoms with E-state index in [-0.39, 0.29) is 12.4 Å². The first kappa shape index (κ1) is 14.0. The maximum Gasteiger partial charge on any atom is 0.314 e. The third-order valence-electron chi connectivity index (χ3n) is 3.18. The van der Waals surface area contributed by atoms with Crippen molar-refractivity contribution in [3.05, 3.63) is 60.7 Å². The molecule has 0 unspecified atom stereocenters. The van der Waals surface area contributed by atoms with Gasteiger partial charge in [-0.2, -0.15) is 0 Å². The number of hydrogen-bond donors (Lipinski definition) is 0. The lowest BCUT2D eigenvalue weighted by Gasteiger charge is -2.00. The molecule has 0 saturated heterocycles. The Morgan fingerprint density at radius 1 is 1.09 bits per heavy atom. The SMILES string of the molecule is COC(=O)Cc1nc(-c2ccccc2)c(-c2ccncc2)o1. The number of carbonyl (C=O) groups is 1. The van der Waals surface area contributed by atoms with Crippen molar-refractivity contribution in [1.82, 2.24) is 9.97 Å². The second kappa shape index (κ2) is 6.22. The van der Waals surface area contributed by atoms with Gasteiger partial charge in [0.05, 0.1) is 7.11 Å². The van der Waals surface area contributed by atoms with Crippen molar-refractivity contribution >= 4 is 5.97 Å². The zero-order valence-corrected chi connectivity index (χ0v) is 12.0. The summed E-state index contributed by atoms with van der Waals surface area (Å²) in [4.78, 5) is 19.9. The van der Waals surface area contributed by atoms with Gasteiger partial charge in [-0.1, -0.05) is 30.3 Å². The van der Waals surface area contributed by atoms with Crippen molar-refractivity contribution in [2.45, 2.75) is 6.42 Å². The average molecular weight is 294 g/mol. The van der Waals surface area contributed by atoms with Crippen molar-refractivity contribution < 1.29 is 13.9 Å². The number of hydrogen-bond acceptors (Lipinski definition) is 5. The van der Waals surface area contributed by atoms with Crippen molar-refractivity contribution in [3.63, 3.8) is 0 Å². The summed E-state index contributed by atoms with van der Waals surface area (Å²) in [5, 5.41) is 0. The van der Waals surface area contributed by atoms with E-state index in [4.69, 9.17) is 4.42 Å². The van der Waals surface area contributed by atoms with Crippen molar-refractivity contribution in [1.29, 1.82) is 0 Å². The van der Waals surface area contributed by atoms with Crippen LogP contribution in [0.2, 0.25) is 0 Å². The summed E-state index contributed by atoms with van der Waals surface area (Å²) in [6.07, 6.45) is 3.38. The van der Waals surface area contributed by atoms with Gasteiger partial charge in [-0.15, -0.1) is 0 Å². The summed E-state index contributed by atoms with van der Waals surface area (Å²) in [6, 6.07) is 13.4. The largest absolute Gasteiger partial charge is 0.469 e. The number of carbonyl (C=O) groups excluding carboxylic acids is 1. The van der Waals surface area contributed by atoms with Gasteiger partial charge < -0.3 is 9.15 Å². The van der Waals surface area contributed by atoms with Gasteiger partial charge in [0.2, 0.25) is 5.89 Å². The van der Waals surface area contributed by atoms with Crippen LogP contribution in [0.15, 0.2) is 59.3 Å². The highest BCUT2D eigenvalue weighted by Crippen LogP contribution is 2.32. The van der Waals surface area contributed by atoms with Gasteiger partial charge in [0.25, 0.3) is 0 Å². The lowest BCUT2D eigenvalue weighted by Crippen LogP contribution is -2.04. The Hall–Kier alpha value is -2.95. The van der Waals surface area contributed by atoms with E-state index in [1.165, 1.54) is 7.11 Å². The van der Waals surface area contributed by atoms with Gasteiger partial charge in [-0.3, -0.25) is 9.78 Å². The number of oxazole rings is 1. The molecule has 5 heteroatoms. The van der Waals surface area contributed by atoms with Crippen LogP contribution >= 0.6 is 0 Å². The fourth-order valence-electron chi connectivity index (χ4n) is 2.13. The quantitative estimate of drug-likeness (QED) is 0.692. The Morgan fingerprint density at radius 2 is 1.82 bits per heavy atom. The van der Waals surface area contributed by atoms with Crippen LogP contribution in [0, 0.1) is 0 Å². The molecule has 1 aromatic carbocycles. The first-order valence-electron chi connectivity index (χ1n) is 6.80. The zero-order chi connectivity index (χ0) is 15.4. The molecule has 3 rings (SSSR count). The van der Waals surface area contributed by atoms with Crippen molar-refractivity contribution in [2.75, 3.05) is 7.11 Å². The Balaban J connectivity index is 2.08. The van der Waals surface area contributed by atoms with Gasteiger partial charge in [0.15, 0.2) is 5.76 Å². The molecule has 0 saturated carbocycles. The van der Waals surface area contributed by atoms with E-state index in [9.17, 15) is 4.79 Å². The van der Waals surface area contributed by atoms with Gasteiger partial charge in [0.1, 0.15) is 12.1 Å². The maximum atomic E-state index is 11.4. The summed E-state index contributed by atoms with van der Waals surface area (Å²) in [7, 11) is 1.34. The standard InChI is InChI=1S/C17H14N2O3/c1-21-15(20)11-14-19-16(12-5-3-2-4-6-12)17(22-14)13-7-9-18-10-8-13/h2-10H,11H2,1H3. The molecular formula is C17H14N2O3. The van der Waals surface area contributed by atoms with Crippen LogP contribution in [0.25, 0.3) is 22.6 Å². The van der Waals surface area contributed by atoms with Crippen LogP contribution in [0.3, 0.4) is 0 Å². The third-order valence-corrected chi connectivity index (χ3v) is 3.18. The van der Waals surface area contributed by atoms with Crippen molar-refractivity contribution in [2.24, 2.45) is 0 Å². The molecule has 0 atom stereocenters. The Labute approximate surface area is 127 Å². The minimum atomic E-state index is -0.387. The Kier molecular flexibility index (Phi) is 3.96. The summed E-state index contributed by atoms with van der Waals surface area (Å²) < 4.78 is 10.5. The highest BCUT2D eigenvalue weighted by molar-refractivity contribution is 5.77. The molecule has 0 N–H and O–H groups in total. The van der Waals surface area contributed by atoms with Crippen LogP contribution in [0.1, 0.15) is 5.89 Å². The molecule has 0 amide bonds. The van der Waals surface area contributed by atoms with Gasteiger partial charge >= 0.3 is 5.97 Å². The van der Waals surface area contributed by atoms with E-state index in [2.05, 4.69) is 14.7 Å². The molecule has 0 spiro atoms. The van der Waals surface area contributed by atoms with Gasteiger partial charge in [-0.25, -0.2) is 4.98 Å². The first-order chi connectivity index (χ1) is 10.8. The van der Waals surface area contributed by atoms with Gasteiger partial charge in [-0.05, 0) is 12.1 Å². The zero-order valence-electron chi connectivity index (χ0n) is 12.0. The molecule has 2 aromatic heterocycles. The lowest BCUT2D eigenvalue weighted by molar-refractivity contribution is -0.140. The van der Waals surface area contributed by atoms with E-state index >= 15 is 0 Å². The highest BCUT2D eigenvalue weighted by Gasteiger charge is 2.18. The lowest BCUT2D eigenvalue weighted by atomic mass is 10.1. The molecule has 3 aromatic rings.